The number of rotatable bonds is 5. The Morgan fingerprint density at radius 1 is 1.00 bits per heavy atom. The first-order valence-corrected chi connectivity index (χ1v) is 11.5. The summed E-state index contributed by atoms with van der Waals surface area (Å²) in [5, 5.41) is 0. The summed E-state index contributed by atoms with van der Waals surface area (Å²) >= 11 is 3.45. The van der Waals surface area contributed by atoms with E-state index in [-0.39, 0.29) is 36.3 Å². The van der Waals surface area contributed by atoms with Crippen LogP contribution < -0.4 is 10.5 Å². The number of ketones is 1. The molecule has 6 nitrogen and oxygen atoms in total. The monoisotopic (exact) mass is 536 g/mol. The Kier molecular flexibility index (Phi) is 7.24. The highest BCUT2D eigenvalue weighted by atomic mass is 79.9. The standard InChI is InChI=1S/C26H21BrN4O2.ClH/c27-21-8-4-7-20(15-21)24(32)17-31-23(19-5-2-1-3-6-19)11-14-30-25(33)16-22(29-26(30)31)18-9-12-28-13-10-18;/h1-10,12-13,15-16,23H,11,14,17H2;1H. The number of carbonyl (C=O) groups excluding carboxylic acids is 1. The van der Waals surface area contributed by atoms with Gasteiger partial charge in [0.2, 0.25) is 5.95 Å². The molecule has 0 saturated carbocycles. The molecule has 0 spiro atoms. The number of carbonyl (C=O) groups is 1. The fraction of sp³-hybridized carbons (Fsp3) is 0.154. The van der Waals surface area contributed by atoms with Gasteiger partial charge in [0.1, 0.15) is 0 Å². The van der Waals surface area contributed by atoms with E-state index in [9.17, 15) is 9.59 Å². The summed E-state index contributed by atoms with van der Waals surface area (Å²) < 4.78 is 2.51. The van der Waals surface area contributed by atoms with Gasteiger partial charge in [-0.05, 0) is 36.2 Å². The molecule has 0 aliphatic carbocycles. The van der Waals surface area contributed by atoms with Gasteiger partial charge in [-0.1, -0.05) is 58.4 Å². The van der Waals surface area contributed by atoms with E-state index in [4.69, 9.17) is 4.98 Å². The lowest BCUT2D eigenvalue weighted by Crippen LogP contribution is -2.43. The molecule has 34 heavy (non-hydrogen) atoms. The van der Waals surface area contributed by atoms with Gasteiger partial charge < -0.3 is 4.90 Å². The van der Waals surface area contributed by atoms with Crippen molar-refractivity contribution in [3.63, 3.8) is 0 Å². The zero-order valence-electron chi connectivity index (χ0n) is 18.2. The molecule has 1 atom stereocenters. The minimum Gasteiger partial charge on any atom is -0.327 e. The Hall–Kier alpha value is -3.29. The smallest absolute Gasteiger partial charge is 0.255 e. The highest BCUT2D eigenvalue weighted by molar-refractivity contribution is 9.10. The van der Waals surface area contributed by atoms with E-state index < -0.39 is 0 Å². The molecule has 1 aliphatic rings. The van der Waals surface area contributed by atoms with Crippen molar-refractivity contribution in [1.82, 2.24) is 14.5 Å². The molecule has 4 aromatic rings. The summed E-state index contributed by atoms with van der Waals surface area (Å²) in [6.45, 7) is 0.654. The first kappa shape index (κ1) is 23.9. The number of anilines is 1. The second-order valence-corrected chi connectivity index (χ2v) is 8.86. The van der Waals surface area contributed by atoms with Crippen LogP contribution in [-0.2, 0) is 6.54 Å². The third-order valence-electron chi connectivity index (χ3n) is 5.87. The lowest BCUT2D eigenvalue weighted by Gasteiger charge is -2.38. The number of hydrogen-bond donors (Lipinski definition) is 0. The first-order valence-electron chi connectivity index (χ1n) is 10.7. The van der Waals surface area contributed by atoms with Gasteiger partial charge in [0.25, 0.3) is 5.56 Å². The van der Waals surface area contributed by atoms with Crippen molar-refractivity contribution in [1.29, 1.82) is 0 Å². The van der Waals surface area contributed by atoms with E-state index in [1.165, 1.54) is 0 Å². The maximum Gasteiger partial charge on any atom is 0.255 e. The lowest BCUT2D eigenvalue weighted by atomic mass is 9.99. The summed E-state index contributed by atoms with van der Waals surface area (Å²) in [4.78, 5) is 37.2. The molecule has 0 bridgehead atoms. The van der Waals surface area contributed by atoms with Crippen LogP contribution in [0.4, 0.5) is 5.95 Å². The van der Waals surface area contributed by atoms with Crippen LogP contribution in [0.1, 0.15) is 28.4 Å². The Labute approximate surface area is 211 Å². The zero-order chi connectivity index (χ0) is 22.8. The van der Waals surface area contributed by atoms with Gasteiger partial charge in [0.05, 0.1) is 18.3 Å². The molecular weight excluding hydrogens is 516 g/mol. The van der Waals surface area contributed by atoms with Crippen LogP contribution in [-0.4, -0.2) is 26.9 Å². The minimum absolute atomic E-state index is 0. The second-order valence-electron chi connectivity index (χ2n) is 7.94. The quantitative estimate of drug-likeness (QED) is 0.322. The van der Waals surface area contributed by atoms with Crippen molar-refractivity contribution < 1.29 is 4.79 Å². The van der Waals surface area contributed by atoms with E-state index in [1.54, 1.807) is 23.0 Å². The predicted octanol–water partition coefficient (Wildman–Crippen LogP) is 5.32. The highest BCUT2D eigenvalue weighted by Gasteiger charge is 2.31. The number of aromatic nitrogens is 3. The van der Waals surface area contributed by atoms with Crippen molar-refractivity contribution in [2.24, 2.45) is 0 Å². The number of Topliss-reactive ketones (excluding diaryl/α,β-unsaturated/α-hetero) is 1. The van der Waals surface area contributed by atoms with E-state index in [0.717, 1.165) is 15.6 Å². The normalized spacial score (nSPS) is 14.7. The molecule has 1 aliphatic heterocycles. The Morgan fingerprint density at radius 3 is 2.50 bits per heavy atom. The van der Waals surface area contributed by atoms with Gasteiger partial charge in [-0.3, -0.25) is 19.1 Å². The average Bonchev–Trinajstić information content (AvgIpc) is 2.85. The van der Waals surface area contributed by atoms with Gasteiger partial charge in [-0.25, -0.2) is 4.98 Å². The Morgan fingerprint density at radius 2 is 1.76 bits per heavy atom. The molecule has 3 heterocycles. The fourth-order valence-electron chi connectivity index (χ4n) is 4.25. The van der Waals surface area contributed by atoms with Gasteiger partial charge in [-0.2, -0.15) is 0 Å². The number of halogens is 2. The predicted molar refractivity (Wildman–Crippen MR) is 139 cm³/mol. The van der Waals surface area contributed by atoms with Crippen LogP contribution in [0.25, 0.3) is 11.3 Å². The van der Waals surface area contributed by atoms with Gasteiger partial charge >= 0.3 is 0 Å². The highest BCUT2D eigenvalue weighted by Crippen LogP contribution is 2.34. The number of fused-ring (bicyclic) bond motifs is 1. The summed E-state index contributed by atoms with van der Waals surface area (Å²) in [7, 11) is 0. The first-order chi connectivity index (χ1) is 16.1. The van der Waals surface area contributed by atoms with E-state index in [0.29, 0.717) is 30.2 Å². The molecule has 5 rings (SSSR count). The van der Waals surface area contributed by atoms with Gasteiger partial charge in [0, 0.05) is 40.6 Å². The summed E-state index contributed by atoms with van der Waals surface area (Å²) in [6.07, 6.45) is 4.06. The molecule has 172 valence electrons. The number of hydrogen-bond acceptors (Lipinski definition) is 5. The van der Waals surface area contributed by atoms with E-state index in [2.05, 4.69) is 33.0 Å². The van der Waals surface area contributed by atoms with Crippen LogP contribution in [0.15, 0.2) is 94.5 Å². The average molecular weight is 538 g/mol. The number of benzene rings is 2. The number of pyridine rings is 1. The van der Waals surface area contributed by atoms with E-state index in [1.807, 2.05) is 59.5 Å². The van der Waals surface area contributed by atoms with Crippen molar-refractivity contribution in [3.05, 3.63) is 111 Å². The minimum atomic E-state index is -0.127. The van der Waals surface area contributed by atoms with E-state index >= 15 is 0 Å². The van der Waals surface area contributed by atoms with Crippen LogP contribution >= 0.6 is 28.3 Å². The second kappa shape index (κ2) is 10.3. The zero-order valence-corrected chi connectivity index (χ0v) is 20.6. The van der Waals surface area contributed by atoms with Gasteiger partial charge in [-0.15, -0.1) is 12.4 Å². The maximum absolute atomic E-state index is 13.3. The Bertz CT molecular complexity index is 1360. The van der Waals surface area contributed by atoms with Crippen molar-refractivity contribution in [2.45, 2.75) is 19.0 Å². The van der Waals surface area contributed by atoms with Crippen LogP contribution in [0.5, 0.6) is 0 Å². The topological polar surface area (TPSA) is 68.1 Å². The molecule has 0 saturated heterocycles. The molecule has 2 aromatic heterocycles. The van der Waals surface area contributed by atoms with Crippen LogP contribution in [0, 0.1) is 0 Å². The third kappa shape index (κ3) is 4.81. The molecular formula is C26H22BrClN4O2. The van der Waals surface area contributed by atoms with Gasteiger partial charge in [0.15, 0.2) is 5.78 Å². The maximum atomic E-state index is 13.3. The Balaban J connectivity index is 0.00000274. The van der Waals surface area contributed by atoms with Crippen molar-refractivity contribution >= 4 is 40.1 Å². The summed E-state index contributed by atoms with van der Waals surface area (Å²) in [5.41, 5.74) is 2.96. The van der Waals surface area contributed by atoms with Crippen LogP contribution in [0.3, 0.4) is 0 Å². The molecule has 0 fully saturated rings. The van der Waals surface area contributed by atoms with Crippen molar-refractivity contribution in [2.75, 3.05) is 11.4 Å². The SMILES string of the molecule is Cl.O=C(CN1c2nc(-c3ccncc3)cc(=O)n2CCC1c1ccccc1)c1cccc(Br)c1. The molecule has 1 unspecified atom stereocenters. The third-order valence-corrected chi connectivity index (χ3v) is 6.36. The molecule has 0 N–H and O–H groups in total. The molecule has 8 heteroatoms. The number of nitrogens with zero attached hydrogens (tertiary/aromatic N) is 4. The summed E-state index contributed by atoms with van der Waals surface area (Å²) in [6, 6.07) is 22.6. The van der Waals surface area contributed by atoms with Crippen molar-refractivity contribution in [3.8, 4) is 11.3 Å². The lowest BCUT2D eigenvalue weighted by molar-refractivity contribution is 0.0994. The molecule has 0 radical (unpaired) electrons. The molecule has 2 aromatic carbocycles. The van der Waals surface area contributed by atoms with Crippen LogP contribution in [0.2, 0.25) is 0 Å². The fourth-order valence-corrected chi connectivity index (χ4v) is 4.65. The summed E-state index contributed by atoms with van der Waals surface area (Å²) in [5.74, 6) is 0.479. The molecule has 0 amide bonds. The largest absolute Gasteiger partial charge is 0.327 e.